The van der Waals surface area contributed by atoms with Gasteiger partial charge in [-0.3, -0.25) is 9.98 Å². The monoisotopic (exact) mass is 136 g/mol. The van der Waals surface area contributed by atoms with E-state index in [4.69, 9.17) is 4.74 Å². The first-order valence-corrected chi connectivity index (χ1v) is 2.83. The number of nitrogens with zero attached hydrogens (tertiary/aromatic N) is 2. The van der Waals surface area contributed by atoms with E-state index in [1.165, 1.54) is 0 Å². The second-order valence-corrected chi connectivity index (χ2v) is 1.71. The molecule has 3 nitrogen and oxygen atoms in total. The zero-order valence-electron chi connectivity index (χ0n) is 5.74. The van der Waals surface area contributed by atoms with Gasteiger partial charge in [0, 0.05) is 12.3 Å². The molecule has 0 unspecified atom stereocenters. The van der Waals surface area contributed by atoms with Gasteiger partial charge in [-0.15, -0.1) is 0 Å². The number of hydrogen-bond acceptors (Lipinski definition) is 3. The van der Waals surface area contributed by atoms with Crippen LogP contribution in [-0.4, -0.2) is 18.8 Å². The molecule has 0 aliphatic heterocycles. The van der Waals surface area contributed by atoms with E-state index in [1.807, 2.05) is 0 Å². The van der Waals surface area contributed by atoms with Crippen LogP contribution < -0.4 is 4.74 Å². The Morgan fingerprint density at radius 1 is 1.70 bits per heavy atom. The fourth-order valence-electron chi connectivity index (χ4n) is 0.665. The molecule has 3 heteroatoms. The Morgan fingerprint density at radius 3 is 3.00 bits per heavy atom. The summed E-state index contributed by atoms with van der Waals surface area (Å²) in [6.45, 7) is 3.37. The number of ether oxygens (including phenoxy) is 1. The van der Waals surface area contributed by atoms with Crippen LogP contribution in [0.5, 0.6) is 5.75 Å². The smallest absolute Gasteiger partial charge is 0.147 e. The molecule has 0 fully saturated rings. The Bertz CT molecular complexity index is 235. The highest BCUT2D eigenvalue weighted by Gasteiger charge is 1.96. The molecule has 1 rings (SSSR count). The molecular formula is C7H8N2O. The summed E-state index contributed by atoms with van der Waals surface area (Å²) in [7, 11) is 1.59. The van der Waals surface area contributed by atoms with Gasteiger partial charge in [0.1, 0.15) is 11.4 Å². The molecule has 0 spiro atoms. The van der Waals surface area contributed by atoms with Crippen molar-refractivity contribution >= 4 is 12.4 Å². The quantitative estimate of drug-likeness (QED) is 0.576. The number of hydrogen-bond donors (Lipinski definition) is 0. The van der Waals surface area contributed by atoms with E-state index in [9.17, 15) is 0 Å². The number of pyridine rings is 1. The van der Waals surface area contributed by atoms with E-state index in [0.29, 0.717) is 11.4 Å². The van der Waals surface area contributed by atoms with E-state index in [2.05, 4.69) is 16.7 Å². The van der Waals surface area contributed by atoms with Crippen molar-refractivity contribution < 1.29 is 4.74 Å². The van der Waals surface area contributed by atoms with Crippen molar-refractivity contribution in [1.29, 1.82) is 0 Å². The van der Waals surface area contributed by atoms with Crippen LogP contribution in [0.2, 0.25) is 0 Å². The summed E-state index contributed by atoms with van der Waals surface area (Å²) in [4.78, 5) is 7.55. The molecule has 0 bridgehead atoms. The molecule has 0 aliphatic rings. The average molecular weight is 136 g/mol. The second kappa shape index (κ2) is 2.96. The van der Waals surface area contributed by atoms with Gasteiger partial charge >= 0.3 is 0 Å². The lowest BCUT2D eigenvalue weighted by Crippen LogP contribution is -1.82. The van der Waals surface area contributed by atoms with Crippen molar-refractivity contribution in [3.63, 3.8) is 0 Å². The predicted octanol–water partition coefficient (Wildman–Crippen LogP) is 1.42. The van der Waals surface area contributed by atoms with Crippen molar-refractivity contribution in [1.82, 2.24) is 4.98 Å². The molecule has 10 heavy (non-hydrogen) atoms. The summed E-state index contributed by atoms with van der Waals surface area (Å²) < 4.78 is 4.96. The Morgan fingerprint density at radius 2 is 2.50 bits per heavy atom. The van der Waals surface area contributed by atoms with Crippen LogP contribution in [0.15, 0.2) is 23.5 Å². The zero-order valence-corrected chi connectivity index (χ0v) is 5.74. The van der Waals surface area contributed by atoms with Crippen molar-refractivity contribution in [2.24, 2.45) is 4.99 Å². The highest BCUT2D eigenvalue weighted by molar-refractivity contribution is 5.53. The molecule has 0 aliphatic carbocycles. The lowest BCUT2D eigenvalue weighted by Gasteiger charge is -2.00. The van der Waals surface area contributed by atoms with E-state index >= 15 is 0 Å². The number of aliphatic imine (C=N–C) groups is 1. The first kappa shape index (κ1) is 6.74. The minimum atomic E-state index is 0.671. The fourth-order valence-corrected chi connectivity index (χ4v) is 0.665. The van der Waals surface area contributed by atoms with Crippen LogP contribution >= 0.6 is 0 Å². The van der Waals surface area contributed by atoms with Gasteiger partial charge in [-0.05, 0) is 6.72 Å². The standard InChI is InChI=1S/C7H8N2O/c1-8-6-5-9-4-3-7(6)10-2/h3-5H,1H2,2H3. The van der Waals surface area contributed by atoms with Crippen LogP contribution in [0.3, 0.4) is 0 Å². The minimum absolute atomic E-state index is 0.671. The van der Waals surface area contributed by atoms with Crippen LogP contribution in [0.1, 0.15) is 0 Å². The van der Waals surface area contributed by atoms with Crippen molar-refractivity contribution in [3.05, 3.63) is 18.5 Å². The van der Waals surface area contributed by atoms with Crippen LogP contribution in [-0.2, 0) is 0 Å². The summed E-state index contributed by atoms with van der Waals surface area (Å²) >= 11 is 0. The summed E-state index contributed by atoms with van der Waals surface area (Å²) in [5.41, 5.74) is 0.671. The number of aromatic nitrogens is 1. The summed E-state index contributed by atoms with van der Waals surface area (Å²) in [5, 5.41) is 0. The molecule has 0 saturated heterocycles. The maximum atomic E-state index is 4.96. The van der Waals surface area contributed by atoms with Gasteiger partial charge < -0.3 is 4.74 Å². The highest BCUT2D eigenvalue weighted by atomic mass is 16.5. The van der Waals surface area contributed by atoms with Gasteiger partial charge in [0.2, 0.25) is 0 Å². The summed E-state index contributed by atoms with van der Waals surface area (Å²) in [6.07, 6.45) is 3.25. The first-order chi connectivity index (χ1) is 4.88. The van der Waals surface area contributed by atoms with Crippen molar-refractivity contribution in [2.45, 2.75) is 0 Å². The second-order valence-electron chi connectivity index (χ2n) is 1.71. The van der Waals surface area contributed by atoms with Gasteiger partial charge in [-0.2, -0.15) is 0 Å². The van der Waals surface area contributed by atoms with Gasteiger partial charge in [-0.1, -0.05) is 0 Å². The van der Waals surface area contributed by atoms with E-state index in [1.54, 1.807) is 25.6 Å². The molecule has 1 heterocycles. The molecule has 0 N–H and O–H groups in total. The molecule has 0 atom stereocenters. The van der Waals surface area contributed by atoms with Gasteiger partial charge in [0.05, 0.1) is 13.3 Å². The third-order valence-corrected chi connectivity index (χ3v) is 1.15. The summed E-state index contributed by atoms with van der Waals surface area (Å²) in [5.74, 6) is 0.699. The molecule has 1 aromatic rings. The SMILES string of the molecule is C=Nc1cnccc1OC. The Kier molecular flexibility index (Phi) is 1.99. The Labute approximate surface area is 59.4 Å². The molecule has 0 amide bonds. The Balaban J connectivity index is 3.08. The summed E-state index contributed by atoms with van der Waals surface area (Å²) in [6, 6.07) is 1.74. The van der Waals surface area contributed by atoms with Gasteiger partial charge in [-0.25, -0.2) is 0 Å². The lowest BCUT2D eigenvalue weighted by atomic mass is 10.4. The van der Waals surface area contributed by atoms with E-state index < -0.39 is 0 Å². The highest BCUT2D eigenvalue weighted by Crippen LogP contribution is 2.23. The number of methoxy groups -OCH3 is 1. The average Bonchev–Trinajstić information content (AvgIpc) is 2.04. The normalized spacial score (nSPS) is 8.90. The van der Waals surface area contributed by atoms with Gasteiger partial charge in [0.25, 0.3) is 0 Å². The first-order valence-electron chi connectivity index (χ1n) is 2.83. The molecular weight excluding hydrogens is 128 g/mol. The predicted molar refractivity (Wildman–Crippen MR) is 40.0 cm³/mol. The topological polar surface area (TPSA) is 34.5 Å². The van der Waals surface area contributed by atoms with Crippen LogP contribution in [0.4, 0.5) is 5.69 Å². The van der Waals surface area contributed by atoms with E-state index in [-0.39, 0.29) is 0 Å². The van der Waals surface area contributed by atoms with Crippen molar-refractivity contribution in [2.75, 3.05) is 7.11 Å². The zero-order chi connectivity index (χ0) is 7.40. The maximum Gasteiger partial charge on any atom is 0.147 e. The third-order valence-electron chi connectivity index (χ3n) is 1.15. The molecule has 0 aromatic carbocycles. The molecule has 52 valence electrons. The lowest BCUT2D eigenvalue weighted by molar-refractivity contribution is 0.415. The third kappa shape index (κ3) is 1.13. The van der Waals surface area contributed by atoms with E-state index in [0.717, 1.165) is 0 Å². The fraction of sp³-hybridized carbons (Fsp3) is 0.143. The maximum absolute atomic E-state index is 4.96. The van der Waals surface area contributed by atoms with Crippen LogP contribution in [0.25, 0.3) is 0 Å². The number of rotatable bonds is 2. The molecule has 0 saturated carbocycles. The largest absolute Gasteiger partial charge is 0.494 e. The Hall–Kier alpha value is -1.38. The molecule has 1 aromatic heterocycles. The van der Waals surface area contributed by atoms with Gasteiger partial charge in [0.15, 0.2) is 0 Å². The van der Waals surface area contributed by atoms with Crippen LogP contribution in [0, 0.1) is 0 Å². The minimum Gasteiger partial charge on any atom is -0.494 e. The van der Waals surface area contributed by atoms with Crippen molar-refractivity contribution in [3.8, 4) is 5.75 Å². The molecule has 0 radical (unpaired) electrons.